The lowest BCUT2D eigenvalue weighted by Crippen LogP contribution is -2.02. The van der Waals surface area contributed by atoms with Gasteiger partial charge in [0.1, 0.15) is 17.5 Å². The van der Waals surface area contributed by atoms with Gasteiger partial charge in [0.15, 0.2) is 5.78 Å². The molecule has 1 aromatic heterocycles. The molecular weight excluding hydrogens is 344 g/mol. The van der Waals surface area contributed by atoms with Gasteiger partial charge >= 0.3 is 0 Å². The molecule has 0 unspecified atom stereocenters. The summed E-state index contributed by atoms with van der Waals surface area (Å²) in [6, 6.07) is 5.32. The molecule has 0 radical (unpaired) electrons. The SMILES string of the molecule is CC(=O)c1ccc(Br)cc1OCc1c(C)nn(C)c1Cl. The number of aryl methyl sites for hydroxylation is 2. The maximum absolute atomic E-state index is 11.6. The molecule has 0 bridgehead atoms. The van der Waals surface area contributed by atoms with Gasteiger partial charge in [0, 0.05) is 17.1 Å². The Labute approximate surface area is 130 Å². The molecule has 0 saturated heterocycles. The van der Waals surface area contributed by atoms with E-state index in [0.717, 1.165) is 15.7 Å². The number of hydrogen-bond acceptors (Lipinski definition) is 3. The normalized spacial score (nSPS) is 10.7. The summed E-state index contributed by atoms with van der Waals surface area (Å²) in [7, 11) is 1.78. The molecule has 0 spiro atoms. The van der Waals surface area contributed by atoms with Crippen molar-refractivity contribution in [2.45, 2.75) is 20.5 Å². The van der Waals surface area contributed by atoms with Crippen LogP contribution in [-0.4, -0.2) is 15.6 Å². The molecule has 1 aromatic carbocycles. The summed E-state index contributed by atoms with van der Waals surface area (Å²) >= 11 is 9.53. The maximum atomic E-state index is 11.6. The average Bonchev–Trinajstić information content (AvgIpc) is 2.61. The van der Waals surface area contributed by atoms with E-state index in [1.54, 1.807) is 23.9 Å². The van der Waals surface area contributed by atoms with Crippen LogP contribution in [0.1, 0.15) is 28.5 Å². The largest absolute Gasteiger partial charge is 0.488 e. The lowest BCUT2D eigenvalue weighted by Gasteiger charge is -2.10. The Morgan fingerprint density at radius 3 is 2.75 bits per heavy atom. The minimum absolute atomic E-state index is 0.0403. The summed E-state index contributed by atoms with van der Waals surface area (Å²) < 4.78 is 8.20. The van der Waals surface area contributed by atoms with E-state index >= 15 is 0 Å². The van der Waals surface area contributed by atoms with E-state index in [4.69, 9.17) is 16.3 Å². The van der Waals surface area contributed by atoms with Gasteiger partial charge in [0.05, 0.1) is 11.3 Å². The topological polar surface area (TPSA) is 44.1 Å². The number of nitrogens with zero attached hydrogens (tertiary/aromatic N) is 2. The number of carbonyl (C=O) groups is 1. The van der Waals surface area contributed by atoms with E-state index < -0.39 is 0 Å². The monoisotopic (exact) mass is 356 g/mol. The molecule has 0 amide bonds. The van der Waals surface area contributed by atoms with Crippen LogP contribution in [0.15, 0.2) is 22.7 Å². The van der Waals surface area contributed by atoms with Crippen molar-refractivity contribution in [3.8, 4) is 5.75 Å². The third-order valence-corrected chi connectivity index (χ3v) is 3.93. The Hall–Kier alpha value is -1.33. The molecule has 1 heterocycles. The molecule has 2 aromatic rings. The van der Waals surface area contributed by atoms with E-state index in [1.165, 1.54) is 6.92 Å². The number of rotatable bonds is 4. The predicted molar refractivity (Wildman–Crippen MR) is 81.4 cm³/mol. The molecule has 0 fully saturated rings. The summed E-state index contributed by atoms with van der Waals surface area (Å²) in [6.07, 6.45) is 0. The highest BCUT2D eigenvalue weighted by atomic mass is 79.9. The fourth-order valence-corrected chi connectivity index (χ4v) is 2.46. The summed E-state index contributed by atoms with van der Waals surface area (Å²) in [6.45, 7) is 3.66. The van der Waals surface area contributed by atoms with Crippen LogP contribution < -0.4 is 4.74 Å². The van der Waals surface area contributed by atoms with Crippen LogP contribution in [0.3, 0.4) is 0 Å². The summed E-state index contributed by atoms with van der Waals surface area (Å²) in [5.74, 6) is 0.493. The van der Waals surface area contributed by atoms with Crippen molar-refractivity contribution < 1.29 is 9.53 Å². The molecule has 0 aliphatic rings. The smallest absolute Gasteiger partial charge is 0.163 e. The molecule has 0 aliphatic heterocycles. The van der Waals surface area contributed by atoms with Crippen molar-refractivity contribution in [1.29, 1.82) is 0 Å². The summed E-state index contributed by atoms with van der Waals surface area (Å²) in [4.78, 5) is 11.6. The Morgan fingerprint density at radius 1 is 1.50 bits per heavy atom. The van der Waals surface area contributed by atoms with Gasteiger partial charge in [-0.2, -0.15) is 5.10 Å². The van der Waals surface area contributed by atoms with E-state index in [1.807, 2.05) is 13.0 Å². The van der Waals surface area contributed by atoms with E-state index in [2.05, 4.69) is 21.0 Å². The van der Waals surface area contributed by atoms with E-state index in [9.17, 15) is 4.79 Å². The zero-order valence-corrected chi connectivity index (χ0v) is 13.7. The first-order valence-electron chi connectivity index (χ1n) is 6.01. The first kappa shape index (κ1) is 15.1. The number of ether oxygens (including phenoxy) is 1. The van der Waals surface area contributed by atoms with Crippen molar-refractivity contribution in [2.75, 3.05) is 0 Å². The Kier molecular flexibility index (Phi) is 4.50. The minimum Gasteiger partial charge on any atom is -0.488 e. The minimum atomic E-state index is -0.0403. The highest BCUT2D eigenvalue weighted by Crippen LogP contribution is 2.27. The summed E-state index contributed by atoms with van der Waals surface area (Å²) in [5, 5.41) is 4.77. The molecule has 0 saturated carbocycles. The Balaban J connectivity index is 2.27. The third kappa shape index (κ3) is 3.04. The van der Waals surface area contributed by atoms with Crippen LogP contribution in [0.2, 0.25) is 5.15 Å². The quantitative estimate of drug-likeness (QED) is 0.779. The third-order valence-electron chi connectivity index (χ3n) is 2.96. The van der Waals surface area contributed by atoms with Crippen LogP contribution in [0.5, 0.6) is 5.75 Å². The Bertz CT molecular complexity index is 667. The number of ketones is 1. The molecular formula is C14H14BrClN2O2. The molecule has 2 rings (SSSR count). The van der Waals surface area contributed by atoms with Crippen LogP contribution in [0.4, 0.5) is 0 Å². The van der Waals surface area contributed by atoms with Crippen LogP contribution in [0, 0.1) is 6.92 Å². The first-order valence-corrected chi connectivity index (χ1v) is 7.18. The second-order valence-corrected chi connectivity index (χ2v) is 5.74. The van der Waals surface area contributed by atoms with Gasteiger partial charge in [-0.05, 0) is 32.0 Å². The molecule has 106 valence electrons. The molecule has 20 heavy (non-hydrogen) atoms. The van der Waals surface area contributed by atoms with Gasteiger partial charge in [0.25, 0.3) is 0 Å². The van der Waals surface area contributed by atoms with Gasteiger partial charge in [-0.25, -0.2) is 0 Å². The lowest BCUT2D eigenvalue weighted by molar-refractivity contribution is 0.101. The number of halogens is 2. The zero-order valence-electron chi connectivity index (χ0n) is 11.4. The predicted octanol–water partition coefficient (Wildman–Crippen LogP) is 3.93. The number of benzene rings is 1. The van der Waals surface area contributed by atoms with Crippen LogP contribution in [-0.2, 0) is 13.7 Å². The molecule has 0 N–H and O–H groups in total. The van der Waals surface area contributed by atoms with Gasteiger partial charge in [-0.15, -0.1) is 0 Å². The van der Waals surface area contributed by atoms with Crippen molar-refractivity contribution in [1.82, 2.24) is 9.78 Å². The van der Waals surface area contributed by atoms with E-state index in [0.29, 0.717) is 16.5 Å². The van der Waals surface area contributed by atoms with Crippen molar-refractivity contribution >= 4 is 33.3 Å². The molecule has 0 atom stereocenters. The van der Waals surface area contributed by atoms with Gasteiger partial charge in [-0.3, -0.25) is 9.48 Å². The van der Waals surface area contributed by atoms with Gasteiger partial charge in [-0.1, -0.05) is 27.5 Å². The van der Waals surface area contributed by atoms with Gasteiger partial charge < -0.3 is 4.74 Å². The molecule has 4 nitrogen and oxygen atoms in total. The number of aromatic nitrogens is 2. The zero-order chi connectivity index (χ0) is 14.9. The standard InChI is InChI=1S/C14H14BrClN2O2/c1-8-12(14(16)18(3)17-8)7-20-13-6-10(15)4-5-11(13)9(2)19/h4-6H,7H2,1-3H3. The first-order chi connectivity index (χ1) is 9.40. The molecule has 6 heteroatoms. The fraction of sp³-hybridized carbons (Fsp3) is 0.286. The van der Waals surface area contributed by atoms with E-state index in [-0.39, 0.29) is 12.4 Å². The second-order valence-electron chi connectivity index (χ2n) is 4.46. The highest BCUT2D eigenvalue weighted by Gasteiger charge is 2.14. The highest BCUT2D eigenvalue weighted by molar-refractivity contribution is 9.10. The van der Waals surface area contributed by atoms with Crippen LogP contribution >= 0.6 is 27.5 Å². The van der Waals surface area contributed by atoms with Crippen molar-refractivity contribution in [2.24, 2.45) is 7.05 Å². The average molecular weight is 358 g/mol. The lowest BCUT2D eigenvalue weighted by atomic mass is 10.1. The maximum Gasteiger partial charge on any atom is 0.163 e. The number of Topliss-reactive ketones (excluding diaryl/α,β-unsaturated/α-hetero) is 1. The molecule has 0 aliphatic carbocycles. The number of carbonyl (C=O) groups excluding carboxylic acids is 1. The number of hydrogen-bond donors (Lipinski definition) is 0. The van der Waals surface area contributed by atoms with Crippen LogP contribution in [0.25, 0.3) is 0 Å². The fourth-order valence-electron chi connectivity index (χ4n) is 1.89. The van der Waals surface area contributed by atoms with Gasteiger partial charge in [0.2, 0.25) is 0 Å². The second kappa shape index (κ2) is 5.97. The Morgan fingerprint density at radius 2 is 2.20 bits per heavy atom. The van der Waals surface area contributed by atoms with Crippen molar-refractivity contribution in [3.63, 3.8) is 0 Å². The van der Waals surface area contributed by atoms with Crippen molar-refractivity contribution in [3.05, 3.63) is 44.6 Å². The summed E-state index contributed by atoms with van der Waals surface area (Å²) in [5.41, 5.74) is 2.19.